The van der Waals surface area contributed by atoms with Gasteiger partial charge in [-0.1, -0.05) is 18.2 Å². The minimum atomic E-state index is -0.284. The van der Waals surface area contributed by atoms with Crippen LogP contribution in [0.1, 0.15) is 35.7 Å². The topological polar surface area (TPSA) is 81.9 Å². The van der Waals surface area contributed by atoms with Gasteiger partial charge in [0.25, 0.3) is 5.91 Å². The van der Waals surface area contributed by atoms with E-state index in [4.69, 9.17) is 15.2 Å². The molecular weight excluding hydrogens is 356 g/mol. The molecule has 28 heavy (non-hydrogen) atoms. The van der Waals surface area contributed by atoms with Crippen LogP contribution >= 0.6 is 0 Å². The van der Waals surface area contributed by atoms with Gasteiger partial charge in [0.2, 0.25) is 5.91 Å². The molecule has 0 aliphatic carbocycles. The average molecular weight is 382 g/mol. The summed E-state index contributed by atoms with van der Waals surface area (Å²) in [6.07, 6.45) is 1.23. The highest BCUT2D eigenvalue weighted by Gasteiger charge is 2.26. The van der Waals surface area contributed by atoms with Gasteiger partial charge in [-0.25, -0.2) is 0 Å². The Bertz CT molecular complexity index is 815. The Morgan fingerprint density at radius 3 is 2.43 bits per heavy atom. The second kappa shape index (κ2) is 9.26. The predicted octanol–water partition coefficient (Wildman–Crippen LogP) is 3.00. The lowest BCUT2D eigenvalue weighted by Gasteiger charge is -2.30. The van der Waals surface area contributed by atoms with E-state index in [1.54, 1.807) is 11.0 Å². The van der Waals surface area contributed by atoms with Gasteiger partial charge in [0.05, 0.1) is 6.61 Å². The lowest BCUT2D eigenvalue weighted by molar-refractivity contribution is -0.123. The monoisotopic (exact) mass is 382 g/mol. The SMILES string of the molecule is CCOc1ccc(C(=O)N2CCC(C(N)=O)CC2)cc1COc1ccccc1. The minimum absolute atomic E-state index is 0.0491. The summed E-state index contributed by atoms with van der Waals surface area (Å²) in [5.74, 6) is 0.997. The molecule has 2 aromatic carbocycles. The largest absolute Gasteiger partial charge is 0.493 e. The van der Waals surface area contributed by atoms with Gasteiger partial charge in [-0.05, 0) is 50.1 Å². The van der Waals surface area contributed by atoms with Crippen LogP contribution < -0.4 is 15.2 Å². The fourth-order valence-corrected chi connectivity index (χ4v) is 3.35. The molecule has 0 bridgehead atoms. The highest BCUT2D eigenvalue weighted by Crippen LogP contribution is 2.25. The van der Waals surface area contributed by atoms with Gasteiger partial charge in [-0.2, -0.15) is 0 Å². The average Bonchev–Trinajstić information content (AvgIpc) is 2.73. The minimum Gasteiger partial charge on any atom is -0.493 e. The van der Waals surface area contributed by atoms with Crippen molar-refractivity contribution in [3.8, 4) is 11.5 Å². The second-order valence-corrected chi connectivity index (χ2v) is 6.83. The third kappa shape index (κ3) is 4.82. The van der Waals surface area contributed by atoms with Crippen molar-refractivity contribution in [2.45, 2.75) is 26.4 Å². The third-order valence-electron chi connectivity index (χ3n) is 4.93. The first-order valence-corrected chi connectivity index (χ1v) is 9.60. The number of likely N-dealkylation sites (tertiary alicyclic amines) is 1. The van der Waals surface area contributed by atoms with E-state index in [2.05, 4.69) is 0 Å². The van der Waals surface area contributed by atoms with E-state index in [0.29, 0.717) is 50.5 Å². The van der Waals surface area contributed by atoms with E-state index < -0.39 is 0 Å². The van der Waals surface area contributed by atoms with Crippen molar-refractivity contribution in [1.29, 1.82) is 0 Å². The number of piperidine rings is 1. The first kappa shape index (κ1) is 19.7. The zero-order valence-corrected chi connectivity index (χ0v) is 16.1. The molecule has 0 aromatic heterocycles. The summed E-state index contributed by atoms with van der Waals surface area (Å²) >= 11 is 0. The van der Waals surface area contributed by atoms with Crippen LogP contribution in [0.3, 0.4) is 0 Å². The van der Waals surface area contributed by atoms with Crippen molar-refractivity contribution in [3.05, 3.63) is 59.7 Å². The van der Waals surface area contributed by atoms with Crippen LogP contribution in [-0.4, -0.2) is 36.4 Å². The van der Waals surface area contributed by atoms with Crippen LogP contribution in [-0.2, 0) is 11.4 Å². The molecule has 148 valence electrons. The van der Waals surface area contributed by atoms with Crippen molar-refractivity contribution in [2.24, 2.45) is 11.7 Å². The third-order valence-corrected chi connectivity index (χ3v) is 4.93. The molecule has 0 spiro atoms. The Kier molecular flexibility index (Phi) is 6.53. The number of nitrogens with two attached hydrogens (primary N) is 1. The van der Waals surface area contributed by atoms with Crippen molar-refractivity contribution in [2.75, 3.05) is 19.7 Å². The molecule has 2 amide bonds. The first-order chi connectivity index (χ1) is 13.6. The van der Waals surface area contributed by atoms with Crippen molar-refractivity contribution in [3.63, 3.8) is 0 Å². The normalized spacial score (nSPS) is 14.5. The number of primary amides is 1. The fraction of sp³-hybridized carbons (Fsp3) is 0.364. The van der Waals surface area contributed by atoms with Crippen LogP contribution in [0.5, 0.6) is 11.5 Å². The van der Waals surface area contributed by atoms with Gasteiger partial charge in [0.15, 0.2) is 0 Å². The molecule has 0 unspecified atom stereocenters. The van der Waals surface area contributed by atoms with Crippen LogP contribution in [0.2, 0.25) is 0 Å². The van der Waals surface area contributed by atoms with E-state index in [1.165, 1.54) is 0 Å². The summed E-state index contributed by atoms with van der Waals surface area (Å²) in [4.78, 5) is 26.0. The van der Waals surface area contributed by atoms with Gasteiger partial charge < -0.3 is 20.1 Å². The molecule has 2 N–H and O–H groups in total. The molecule has 0 saturated carbocycles. The van der Waals surface area contributed by atoms with Crippen molar-refractivity contribution in [1.82, 2.24) is 4.90 Å². The second-order valence-electron chi connectivity index (χ2n) is 6.83. The number of rotatable bonds is 7. The molecule has 1 saturated heterocycles. The van der Waals surface area contributed by atoms with E-state index in [0.717, 1.165) is 11.3 Å². The smallest absolute Gasteiger partial charge is 0.253 e. The highest BCUT2D eigenvalue weighted by atomic mass is 16.5. The van der Waals surface area contributed by atoms with Crippen LogP contribution in [0.25, 0.3) is 0 Å². The molecule has 1 aliphatic rings. The van der Waals surface area contributed by atoms with Crippen molar-refractivity contribution >= 4 is 11.8 Å². The van der Waals surface area contributed by atoms with Gasteiger partial charge in [-0.3, -0.25) is 9.59 Å². The number of ether oxygens (including phenoxy) is 2. The van der Waals surface area contributed by atoms with Gasteiger partial charge in [-0.15, -0.1) is 0 Å². The summed E-state index contributed by atoms with van der Waals surface area (Å²) in [5, 5.41) is 0. The summed E-state index contributed by atoms with van der Waals surface area (Å²) in [7, 11) is 0. The molecule has 1 fully saturated rings. The quantitative estimate of drug-likeness (QED) is 0.798. The Labute approximate surface area is 165 Å². The van der Waals surface area contributed by atoms with Crippen LogP contribution in [0, 0.1) is 5.92 Å². The molecule has 2 aromatic rings. The number of carbonyl (C=O) groups is 2. The first-order valence-electron chi connectivity index (χ1n) is 9.60. The standard InChI is InChI=1S/C22H26N2O4/c1-2-27-20-9-8-17(14-18(20)15-28-19-6-4-3-5-7-19)22(26)24-12-10-16(11-13-24)21(23)25/h3-9,14,16H,2,10-13,15H2,1H3,(H2,23,25). The predicted molar refractivity (Wildman–Crippen MR) is 106 cm³/mol. The Morgan fingerprint density at radius 2 is 1.79 bits per heavy atom. The number of benzene rings is 2. The zero-order valence-electron chi connectivity index (χ0n) is 16.1. The summed E-state index contributed by atoms with van der Waals surface area (Å²) in [6.45, 7) is 3.84. The molecular formula is C22H26N2O4. The maximum absolute atomic E-state index is 12.9. The van der Waals surface area contributed by atoms with E-state index in [-0.39, 0.29) is 17.7 Å². The summed E-state index contributed by atoms with van der Waals surface area (Å²) in [5.41, 5.74) is 6.79. The molecule has 0 atom stereocenters. The Morgan fingerprint density at radius 1 is 1.07 bits per heavy atom. The maximum Gasteiger partial charge on any atom is 0.253 e. The number of hydrogen-bond donors (Lipinski definition) is 1. The van der Waals surface area contributed by atoms with E-state index in [1.807, 2.05) is 49.4 Å². The fourth-order valence-electron chi connectivity index (χ4n) is 3.35. The lowest BCUT2D eigenvalue weighted by Crippen LogP contribution is -2.41. The van der Waals surface area contributed by atoms with Gasteiger partial charge >= 0.3 is 0 Å². The molecule has 1 aliphatic heterocycles. The van der Waals surface area contributed by atoms with Gasteiger partial charge in [0, 0.05) is 30.1 Å². The molecule has 0 radical (unpaired) electrons. The maximum atomic E-state index is 12.9. The molecule has 6 nitrogen and oxygen atoms in total. The van der Waals surface area contributed by atoms with Gasteiger partial charge in [0.1, 0.15) is 18.1 Å². The van der Waals surface area contributed by atoms with E-state index >= 15 is 0 Å². The Balaban J connectivity index is 1.72. The van der Waals surface area contributed by atoms with Crippen LogP contribution in [0.15, 0.2) is 48.5 Å². The number of amides is 2. The molecule has 3 rings (SSSR count). The van der Waals surface area contributed by atoms with E-state index in [9.17, 15) is 9.59 Å². The molecule has 1 heterocycles. The number of carbonyl (C=O) groups excluding carboxylic acids is 2. The summed E-state index contributed by atoms with van der Waals surface area (Å²) < 4.78 is 11.5. The zero-order chi connectivity index (χ0) is 19.9. The number of para-hydroxylation sites is 1. The molecule has 6 heteroatoms. The summed E-state index contributed by atoms with van der Waals surface area (Å²) in [6, 6.07) is 14.9. The Hall–Kier alpha value is -3.02. The highest BCUT2D eigenvalue weighted by molar-refractivity contribution is 5.94. The number of nitrogens with zero attached hydrogens (tertiary/aromatic N) is 1. The lowest BCUT2D eigenvalue weighted by atomic mass is 9.95. The van der Waals surface area contributed by atoms with Crippen LogP contribution in [0.4, 0.5) is 0 Å². The van der Waals surface area contributed by atoms with Crippen molar-refractivity contribution < 1.29 is 19.1 Å². The number of hydrogen-bond acceptors (Lipinski definition) is 4.